The highest BCUT2D eigenvalue weighted by molar-refractivity contribution is 5.78. The summed E-state index contributed by atoms with van der Waals surface area (Å²) in [5.41, 5.74) is 3.71. The zero-order valence-corrected chi connectivity index (χ0v) is 16.6. The molecule has 0 atom stereocenters. The van der Waals surface area contributed by atoms with Gasteiger partial charge in [-0.05, 0) is 35.1 Å². The van der Waals surface area contributed by atoms with Gasteiger partial charge in [0.2, 0.25) is 5.89 Å². The lowest BCUT2D eigenvalue weighted by Gasteiger charge is -2.27. The second kappa shape index (κ2) is 6.04. The molecule has 0 spiro atoms. The number of aromatic nitrogens is 1. The molecule has 0 unspecified atom stereocenters. The summed E-state index contributed by atoms with van der Waals surface area (Å²) in [4.78, 5) is 4.63. The van der Waals surface area contributed by atoms with Crippen LogP contribution >= 0.6 is 0 Å². The number of nitrogens with zero attached hydrogens (tertiary/aromatic N) is 1. The van der Waals surface area contributed by atoms with E-state index in [0.29, 0.717) is 17.2 Å². The van der Waals surface area contributed by atoms with Gasteiger partial charge in [0.15, 0.2) is 5.58 Å². The second-order valence-electron chi connectivity index (χ2n) is 8.77. The van der Waals surface area contributed by atoms with E-state index in [1.807, 2.05) is 30.3 Å². The van der Waals surface area contributed by atoms with Gasteiger partial charge in [0.05, 0.1) is 7.11 Å². The van der Waals surface area contributed by atoms with Crippen molar-refractivity contribution in [1.82, 2.24) is 4.98 Å². The van der Waals surface area contributed by atoms with E-state index in [-0.39, 0.29) is 10.8 Å². The van der Waals surface area contributed by atoms with Crippen LogP contribution in [0.25, 0.3) is 22.6 Å². The van der Waals surface area contributed by atoms with Gasteiger partial charge in [0.25, 0.3) is 0 Å². The molecule has 4 nitrogen and oxygen atoms in total. The standard InChI is InChI=1S/C22H27NO3/c1-21(2,3)15-10-13(11-16(19(15)24)22(4,5)6)20-23-17-9-8-14(25-7)12-18(17)26-20/h8-12,24H,1-7H3. The molecule has 0 bridgehead atoms. The maximum absolute atomic E-state index is 10.9. The van der Waals surface area contributed by atoms with Crippen molar-refractivity contribution in [3.8, 4) is 23.0 Å². The first kappa shape index (κ1) is 18.3. The number of ether oxygens (including phenoxy) is 1. The van der Waals surface area contributed by atoms with Crippen molar-refractivity contribution in [1.29, 1.82) is 0 Å². The molecule has 26 heavy (non-hydrogen) atoms. The van der Waals surface area contributed by atoms with Crippen LogP contribution in [0.5, 0.6) is 11.5 Å². The minimum absolute atomic E-state index is 0.199. The molecular formula is C22H27NO3. The first-order valence-electron chi connectivity index (χ1n) is 8.83. The fraction of sp³-hybridized carbons (Fsp3) is 0.409. The molecule has 0 fully saturated rings. The van der Waals surface area contributed by atoms with E-state index in [0.717, 1.165) is 28.0 Å². The lowest BCUT2D eigenvalue weighted by molar-refractivity contribution is 0.414. The fourth-order valence-corrected chi connectivity index (χ4v) is 3.06. The van der Waals surface area contributed by atoms with E-state index >= 15 is 0 Å². The van der Waals surface area contributed by atoms with Crippen molar-refractivity contribution in [2.75, 3.05) is 7.11 Å². The van der Waals surface area contributed by atoms with E-state index in [1.165, 1.54) is 0 Å². The highest BCUT2D eigenvalue weighted by atomic mass is 16.5. The number of benzene rings is 2. The Morgan fingerprint density at radius 1 is 0.923 bits per heavy atom. The molecule has 0 radical (unpaired) electrons. The van der Waals surface area contributed by atoms with Crippen LogP contribution in [-0.2, 0) is 10.8 Å². The Kier molecular flexibility index (Phi) is 4.26. The predicted octanol–water partition coefficient (Wildman–Crippen LogP) is 5.80. The van der Waals surface area contributed by atoms with Gasteiger partial charge in [0, 0.05) is 22.8 Å². The quantitative estimate of drug-likeness (QED) is 0.632. The molecule has 0 aliphatic carbocycles. The molecule has 2 aromatic carbocycles. The molecule has 0 amide bonds. The maximum atomic E-state index is 10.9. The topological polar surface area (TPSA) is 55.5 Å². The lowest BCUT2D eigenvalue weighted by atomic mass is 9.78. The van der Waals surface area contributed by atoms with Crippen LogP contribution in [0.3, 0.4) is 0 Å². The third-order valence-corrected chi connectivity index (χ3v) is 4.57. The Labute approximate surface area is 154 Å². The number of rotatable bonds is 2. The van der Waals surface area contributed by atoms with Gasteiger partial charge in [-0.3, -0.25) is 0 Å². The lowest BCUT2D eigenvalue weighted by Crippen LogP contribution is -2.17. The average Bonchev–Trinajstić information content (AvgIpc) is 2.95. The number of oxazole rings is 1. The van der Waals surface area contributed by atoms with Crippen molar-refractivity contribution in [3.63, 3.8) is 0 Å². The van der Waals surface area contributed by atoms with Crippen LogP contribution in [0.15, 0.2) is 34.7 Å². The van der Waals surface area contributed by atoms with Crippen LogP contribution in [0.1, 0.15) is 52.7 Å². The van der Waals surface area contributed by atoms with Crippen LogP contribution in [0, 0.1) is 0 Å². The molecule has 0 aliphatic rings. The van der Waals surface area contributed by atoms with E-state index in [4.69, 9.17) is 9.15 Å². The third-order valence-electron chi connectivity index (χ3n) is 4.57. The summed E-state index contributed by atoms with van der Waals surface area (Å²) in [6, 6.07) is 9.55. The summed E-state index contributed by atoms with van der Waals surface area (Å²) in [6.45, 7) is 12.6. The van der Waals surface area contributed by atoms with E-state index in [1.54, 1.807) is 7.11 Å². The first-order valence-corrected chi connectivity index (χ1v) is 8.83. The Morgan fingerprint density at radius 2 is 1.50 bits per heavy atom. The van der Waals surface area contributed by atoms with Crippen molar-refractivity contribution in [2.24, 2.45) is 0 Å². The van der Waals surface area contributed by atoms with Crippen LogP contribution < -0.4 is 4.74 Å². The van der Waals surface area contributed by atoms with Gasteiger partial charge in [-0.2, -0.15) is 0 Å². The molecule has 0 saturated carbocycles. The van der Waals surface area contributed by atoms with E-state index < -0.39 is 0 Å². The average molecular weight is 353 g/mol. The van der Waals surface area contributed by atoms with E-state index in [9.17, 15) is 5.11 Å². The highest BCUT2D eigenvalue weighted by Crippen LogP contribution is 2.42. The van der Waals surface area contributed by atoms with Crippen LogP contribution in [0.4, 0.5) is 0 Å². The van der Waals surface area contributed by atoms with Crippen LogP contribution in [0.2, 0.25) is 0 Å². The monoisotopic (exact) mass is 353 g/mol. The molecule has 1 aromatic heterocycles. The summed E-state index contributed by atoms with van der Waals surface area (Å²) in [5, 5.41) is 10.9. The number of aromatic hydroxyl groups is 1. The minimum Gasteiger partial charge on any atom is -0.507 e. The Balaban J connectivity index is 2.24. The number of phenols is 1. The summed E-state index contributed by atoms with van der Waals surface area (Å²) in [7, 11) is 1.63. The highest BCUT2D eigenvalue weighted by Gasteiger charge is 2.27. The molecule has 0 aliphatic heterocycles. The van der Waals surface area contributed by atoms with Gasteiger partial charge in [-0.25, -0.2) is 4.98 Å². The van der Waals surface area contributed by atoms with Gasteiger partial charge in [-0.1, -0.05) is 41.5 Å². The second-order valence-corrected chi connectivity index (χ2v) is 8.77. The van der Waals surface area contributed by atoms with Gasteiger partial charge >= 0.3 is 0 Å². The molecule has 3 rings (SSSR count). The number of phenolic OH excluding ortho intramolecular Hbond substituents is 1. The van der Waals surface area contributed by atoms with Crippen molar-refractivity contribution >= 4 is 11.1 Å². The number of methoxy groups -OCH3 is 1. The summed E-state index contributed by atoms with van der Waals surface area (Å²) in [6.07, 6.45) is 0. The third kappa shape index (κ3) is 3.28. The number of hydrogen-bond acceptors (Lipinski definition) is 4. The van der Waals surface area contributed by atoms with Gasteiger partial charge in [-0.15, -0.1) is 0 Å². The Hall–Kier alpha value is -2.49. The summed E-state index contributed by atoms with van der Waals surface area (Å²) >= 11 is 0. The largest absolute Gasteiger partial charge is 0.507 e. The molecule has 138 valence electrons. The van der Waals surface area contributed by atoms with Crippen molar-refractivity contribution in [3.05, 3.63) is 41.5 Å². The van der Waals surface area contributed by atoms with E-state index in [2.05, 4.69) is 46.5 Å². The van der Waals surface area contributed by atoms with Gasteiger partial charge in [0.1, 0.15) is 17.0 Å². The Morgan fingerprint density at radius 3 is 2.00 bits per heavy atom. The zero-order chi connectivity index (χ0) is 19.3. The molecule has 1 heterocycles. The molecule has 1 N–H and O–H groups in total. The Bertz CT molecular complexity index is 921. The number of hydrogen-bond donors (Lipinski definition) is 1. The molecule has 4 heteroatoms. The fourth-order valence-electron chi connectivity index (χ4n) is 3.06. The molecule has 3 aromatic rings. The first-order chi connectivity index (χ1) is 12.0. The van der Waals surface area contributed by atoms with Crippen molar-refractivity contribution in [2.45, 2.75) is 52.4 Å². The van der Waals surface area contributed by atoms with Crippen molar-refractivity contribution < 1.29 is 14.3 Å². The maximum Gasteiger partial charge on any atom is 0.227 e. The predicted molar refractivity (Wildman–Crippen MR) is 105 cm³/mol. The normalized spacial score (nSPS) is 12.6. The zero-order valence-electron chi connectivity index (χ0n) is 16.6. The molecular weight excluding hydrogens is 326 g/mol. The minimum atomic E-state index is -0.199. The van der Waals surface area contributed by atoms with Crippen LogP contribution in [-0.4, -0.2) is 17.2 Å². The smallest absolute Gasteiger partial charge is 0.227 e. The number of fused-ring (bicyclic) bond motifs is 1. The summed E-state index contributed by atoms with van der Waals surface area (Å²) < 4.78 is 11.3. The summed E-state index contributed by atoms with van der Waals surface area (Å²) in [5.74, 6) is 1.63. The SMILES string of the molecule is COc1ccc2nc(-c3cc(C(C)(C)C)c(O)c(C(C)(C)C)c3)oc2c1. The molecule has 0 saturated heterocycles. The van der Waals surface area contributed by atoms with Gasteiger partial charge < -0.3 is 14.3 Å².